The van der Waals surface area contributed by atoms with E-state index in [-0.39, 0.29) is 0 Å². The number of allylic oxidation sites excluding steroid dienone is 1. The Kier molecular flexibility index (Phi) is 12.0. The van der Waals surface area contributed by atoms with Gasteiger partial charge in [-0.2, -0.15) is 0 Å². The first-order chi connectivity index (χ1) is 16.2. The highest BCUT2D eigenvalue weighted by molar-refractivity contribution is 6.24. The smallest absolute Gasteiger partial charge is 0.209 e. The van der Waals surface area contributed by atoms with Gasteiger partial charge >= 0.3 is 0 Å². The summed E-state index contributed by atoms with van der Waals surface area (Å²) in [7, 11) is 1.82. The van der Waals surface area contributed by atoms with E-state index >= 15 is 0 Å². The summed E-state index contributed by atoms with van der Waals surface area (Å²) in [6.07, 6.45) is 16.3. The van der Waals surface area contributed by atoms with Gasteiger partial charge in [0, 0.05) is 24.7 Å². The molecule has 4 nitrogen and oxygen atoms in total. The lowest BCUT2D eigenvalue weighted by Gasteiger charge is -2.09. The van der Waals surface area contributed by atoms with Crippen LogP contribution in [-0.4, -0.2) is 35.8 Å². The molecule has 33 heavy (non-hydrogen) atoms. The second kappa shape index (κ2) is 15.0. The summed E-state index contributed by atoms with van der Waals surface area (Å²) in [5.41, 5.74) is 5.98. The minimum Gasteiger partial charge on any atom is -0.410 e. The normalized spacial score (nSPS) is 12.9. The number of nitrogens with zero attached hydrogens (tertiary/aromatic N) is 2. The van der Waals surface area contributed by atoms with E-state index in [1.165, 1.54) is 32.1 Å². The highest BCUT2D eigenvalue weighted by atomic mass is 16.4. The Morgan fingerprint density at radius 2 is 1.52 bits per heavy atom. The Bertz CT molecular complexity index is 914. The number of unbranched alkanes of at least 4 members (excludes halogenated alkanes) is 7. The third kappa shape index (κ3) is 8.20. The summed E-state index contributed by atoms with van der Waals surface area (Å²) in [6, 6.07) is 14.3. The molecule has 1 aliphatic carbocycles. The molecule has 0 fully saturated rings. The van der Waals surface area contributed by atoms with Gasteiger partial charge in [-0.25, -0.2) is 0 Å². The molecule has 4 heteroatoms. The Morgan fingerprint density at radius 3 is 2.18 bits per heavy atom. The van der Waals surface area contributed by atoms with Crippen molar-refractivity contribution in [3.8, 4) is 11.1 Å². The van der Waals surface area contributed by atoms with E-state index in [1.54, 1.807) is 4.90 Å². The zero-order valence-electron chi connectivity index (χ0n) is 20.6. The quantitative estimate of drug-likeness (QED) is 0.135. The standard InChI is InChI=1S/C23H26N2O2.C6H14/c1-25(17-26)15-9-5-3-2-4-6-10-18-13-14-20-19-11-7-8-12-21(19)23(24-27)22(20)16-18;1-3-5-6-4-2/h6-8,10-14,16-17,27H,2-5,9,15H2,1H3;3-6H2,1-2H3/b10-6+,24-23+;. The van der Waals surface area contributed by atoms with Crippen LogP contribution in [0.4, 0.5) is 0 Å². The SMILES string of the molecule is CCCCCC.CN(C=O)CCCCCC/C=C/c1ccc2c(c1)/C(=N/O)c1ccccc1-2. The predicted molar refractivity (Wildman–Crippen MR) is 140 cm³/mol. The second-order valence-corrected chi connectivity index (χ2v) is 8.70. The summed E-state index contributed by atoms with van der Waals surface area (Å²) >= 11 is 0. The van der Waals surface area contributed by atoms with Gasteiger partial charge in [-0.05, 0) is 42.0 Å². The van der Waals surface area contributed by atoms with Crippen LogP contribution in [-0.2, 0) is 4.79 Å². The van der Waals surface area contributed by atoms with Crippen LogP contribution in [0.1, 0.15) is 88.3 Å². The lowest BCUT2D eigenvalue weighted by Crippen LogP contribution is -2.16. The molecule has 0 unspecified atom stereocenters. The Hall–Kier alpha value is -2.88. The molecule has 0 heterocycles. The van der Waals surface area contributed by atoms with Crippen molar-refractivity contribution in [1.82, 2.24) is 4.90 Å². The maximum absolute atomic E-state index is 10.5. The summed E-state index contributed by atoms with van der Waals surface area (Å²) in [5.74, 6) is 0. The van der Waals surface area contributed by atoms with Crippen molar-refractivity contribution < 1.29 is 10.0 Å². The molecule has 2 aromatic carbocycles. The van der Waals surface area contributed by atoms with Gasteiger partial charge in [0.1, 0.15) is 5.71 Å². The molecule has 178 valence electrons. The molecule has 1 N–H and O–H groups in total. The Labute approximate surface area is 200 Å². The van der Waals surface area contributed by atoms with Crippen LogP contribution < -0.4 is 0 Å². The van der Waals surface area contributed by atoms with Crippen LogP contribution >= 0.6 is 0 Å². The van der Waals surface area contributed by atoms with Crippen LogP contribution in [0, 0.1) is 0 Å². The van der Waals surface area contributed by atoms with Crippen molar-refractivity contribution in [3.05, 3.63) is 65.2 Å². The minimum absolute atomic E-state index is 0.649. The van der Waals surface area contributed by atoms with Crippen LogP contribution in [0.3, 0.4) is 0 Å². The fourth-order valence-corrected chi connectivity index (χ4v) is 4.02. The number of carbonyl (C=O) groups is 1. The van der Waals surface area contributed by atoms with Gasteiger partial charge in [-0.1, -0.05) is 106 Å². The van der Waals surface area contributed by atoms with E-state index in [9.17, 15) is 10.0 Å². The lowest BCUT2D eigenvalue weighted by atomic mass is 10.0. The van der Waals surface area contributed by atoms with Gasteiger partial charge in [0.15, 0.2) is 0 Å². The van der Waals surface area contributed by atoms with Gasteiger partial charge in [0.2, 0.25) is 6.41 Å². The van der Waals surface area contributed by atoms with Crippen molar-refractivity contribution in [2.75, 3.05) is 13.6 Å². The predicted octanol–water partition coefficient (Wildman–Crippen LogP) is 7.53. The number of amides is 1. The number of rotatable bonds is 12. The molecule has 0 atom stereocenters. The summed E-state index contributed by atoms with van der Waals surface area (Å²) in [6.45, 7) is 5.30. The molecule has 0 bridgehead atoms. The first kappa shape index (κ1) is 26.4. The molecule has 0 aromatic heterocycles. The van der Waals surface area contributed by atoms with Crippen LogP contribution in [0.25, 0.3) is 17.2 Å². The van der Waals surface area contributed by atoms with Crippen molar-refractivity contribution in [2.24, 2.45) is 5.16 Å². The first-order valence-corrected chi connectivity index (χ1v) is 12.4. The van der Waals surface area contributed by atoms with E-state index in [0.29, 0.717) is 5.71 Å². The molecule has 0 aliphatic heterocycles. The number of carbonyl (C=O) groups excluding carboxylic acids is 1. The monoisotopic (exact) mass is 448 g/mol. The van der Waals surface area contributed by atoms with Crippen molar-refractivity contribution in [3.63, 3.8) is 0 Å². The van der Waals surface area contributed by atoms with Crippen molar-refractivity contribution >= 4 is 18.2 Å². The van der Waals surface area contributed by atoms with Crippen LogP contribution in [0.2, 0.25) is 0 Å². The first-order valence-electron chi connectivity index (χ1n) is 12.4. The summed E-state index contributed by atoms with van der Waals surface area (Å²) in [4.78, 5) is 12.2. The lowest BCUT2D eigenvalue weighted by molar-refractivity contribution is -0.117. The molecular weight excluding hydrogens is 408 g/mol. The van der Waals surface area contributed by atoms with E-state index in [2.05, 4.69) is 55.4 Å². The van der Waals surface area contributed by atoms with Gasteiger partial charge in [-0.3, -0.25) is 4.79 Å². The molecule has 2 aromatic rings. The number of oxime groups is 1. The molecule has 0 radical (unpaired) electrons. The fourth-order valence-electron chi connectivity index (χ4n) is 4.02. The average Bonchev–Trinajstić information content (AvgIpc) is 3.17. The molecule has 0 spiro atoms. The maximum Gasteiger partial charge on any atom is 0.209 e. The fraction of sp³-hybridized carbons (Fsp3) is 0.448. The van der Waals surface area contributed by atoms with Gasteiger partial charge in [0.25, 0.3) is 0 Å². The summed E-state index contributed by atoms with van der Waals surface area (Å²) < 4.78 is 0. The molecular formula is C29H40N2O2. The van der Waals surface area contributed by atoms with E-state index in [0.717, 1.165) is 66.5 Å². The molecule has 0 saturated heterocycles. The third-order valence-electron chi connectivity index (χ3n) is 5.95. The third-order valence-corrected chi connectivity index (χ3v) is 5.95. The largest absolute Gasteiger partial charge is 0.410 e. The highest BCUT2D eigenvalue weighted by Crippen LogP contribution is 2.37. The molecule has 0 saturated carbocycles. The maximum atomic E-state index is 10.5. The molecule has 1 aliphatic rings. The number of fused-ring (bicyclic) bond motifs is 3. The number of benzene rings is 2. The Balaban J connectivity index is 0.000000569. The number of hydrogen-bond acceptors (Lipinski definition) is 3. The zero-order valence-corrected chi connectivity index (χ0v) is 20.6. The van der Waals surface area contributed by atoms with Crippen LogP contribution in [0.15, 0.2) is 53.7 Å². The summed E-state index contributed by atoms with van der Waals surface area (Å²) in [5, 5.41) is 13.0. The van der Waals surface area contributed by atoms with E-state index < -0.39 is 0 Å². The second-order valence-electron chi connectivity index (χ2n) is 8.70. The van der Waals surface area contributed by atoms with Gasteiger partial charge in [0.05, 0.1) is 0 Å². The van der Waals surface area contributed by atoms with E-state index in [4.69, 9.17) is 0 Å². The Morgan fingerprint density at radius 1 is 0.848 bits per heavy atom. The van der Waals surface area contributed by atoms with Gasteiger partial charge < -0.3 is 10.1 Å². The van der Waals surface area contributed by atoms with Crippen molar-refractivity contribution in [1.29, 1.82) is 0 Å². The average molecular weight is 449 g/mol. The van der Waals surface area contributed by atoms with Gasteiger partial charge in [-0.15, -0.1) is 0 Å². The molecule has 3 rings (SSSR count). The number of hydrogen-bond donors (Lipinski definition) is 1. The zero-order chi connectivity index (χ0) is 23.9. The highest BCUT2D eigenvalue weighted by Gasteiger charge is 2.24. The van der Waals surface area contributed by atoms with Crippen molar-refractivity contribution in [2.45, 2.75) is 71.6 Å². The minimum atomic E-state index is 0.649. The molecule has 1 amide bonds. The van der Waals surface area contributed by atoms with Crippen LogP contribution in [0.5, 0.6) is 0 Å². The topological polar surface area (TPSA) is 52.9 Å². The van der Waals surface area contributed by atoms with E-state index in [1.807, 2.05) is 25.2 Å².